The van der Waals surface area contributed by atoms with Crippen molar-refractivity contribution in [2.75, 3.05) is 0 Å². The first-order chi connectivity index (χ1) is 4.33. The van der Waals surface area contributed by atoms with Crippen molar-refractivity contribution in [1.29, 1.82) is 0 Å². The van der Waals surface area contributed by atoms with E-state index < -0.39 is 0 Å². The third-order valence-electron chi connectivity index (χ3n) is 1.11. The van der Waals surface area contributed by atoms with Gasteiger partial charge in [-0.3, -0.25) is 4.79 Å². The third-order valence-corrected chi connectivity index (χ3v) is 1.11. The summed E-state index contributed by atoms with van der Waals surface area (Å²) in [4.78, 5) is 10.5. The van der Waals surface area contributed by atoms with Crippen LogP contribution in [0.5, 0.6) is 0 Å². The zero-order valence-electron chi connectivity index (χ0n) is 5.04. The molecule has 0 bridgehead atoms. The lowest BCUT2D eigenvalue weighted by Crippen LogP contribution is -2.16. The molecule has 1 rings (SSSR count). The van der Waals surface area contributed by atoms with Crippen LogP contribution in [0.2, 0.25) is 0 Å². The highest BCUT2D eigenvalue weighted by Crippen LogP contribution is 2.05. The Morgan fingerprint density at radius 1 is 1.89 bits per heavy atom. The van der Waals surface area contributed by atoms with Gasteiger partial charge in [-0.15, -0.1) is 0 Å². The van der Waals surface area contributed by atoms with Gasteiger partial charge in [0, 0.05) is 0 Å². The van der Waals surface area contributed by atoms with E-state index in [4.69, 9.17) is 4.74 Å². The zero-order valence-corrected chi connectivity index (χ0v) is 5.04. The lowest BCUT2D eigenvalue weighted by Gasteiger charge is -2.12. The van der Waals surface area contributed by atoms with E-state index >= 15 is 0 Å². The maximum absolute atomic E-state index is 10.5. The topological polar surface area (TPSA) is 26.3 Å². The summed E-state index contributed by atoms with van der Waals surface area (Å²) in [5.41, 5.74) is 0. The van der Waals surface area contributed by atoms with Crippen LogP contribution in [0.4, 0.5) is 0 Å². The van der Waals surface area contributed by atoms with Gasteiger partial charge in [-0.2, -0.15) is 0 Å². The minimum absolute atomic E-state index is 0.178. The first-order valence-corrected chi connectivity index (χ1v) is 2.81. The second-order valence-corrected chi connectivity index (χ2v) is 1.82. The smallest absolute Gasteiger partial charge is 0.310 e. The van der Waals surface area contributed by atoms with E-state index in [1.165, 1.54) is 0 Å². The maximum atomic E-state index is 10.5. The van der Waals surface area contributed by atoms with Crippen LogP contribution in [-0.2, 0) is 9.53 Å². The molecular formula is C7H8O2. The fourth-order valence-electron chi connectivity index (χ4n) is 0.664. The van der Waals surface area contributed by atoms with Gasteiger partial charge in [0.25, 0.3) is 0 Å². The van der Waals surface area contributed by atoms with Crippen molar-refractivity contribution in [3.8, 4) is 0 Å². The van der Waals surface area contributed by atoms with Gasteiger partial charge in [0.05, 0.1) is 6.42 Å². The number of carbonyl (C=O) groups is 1. The third kappa shape index (κ3) is 1.42. The highest BCUT2D eigenvalue weighted by atomic mass is 16.5. The number of cyclic esters (lactones) is 1. The molecule has 0 N–H and O–H groups in total. The molecule has 0 radical (unpaired) electrons. The number of carbonyl (C=O) groups excluding carboxylic acids is 1. The summed E-state index contributed by atoms with van der Waals surface area (Å²) in [7, 11) is 0. The van der Waals surface area contributed by atoms with Crippen LogP contribution >= 0.6 is 0 Å². The SMILES string of the molecule is C=C[C@@H]1C=CCC(=O)O1. The molecule has 1 aliphatic heterocycles. The van der Waals surface area contributed by atoms with E-state index in [2.05, 4.69) is 6.58 Å². The molecular weight excluding hydrogens is 116 g/mol. The predicted octanol–water partition coefficient (Wildman–Crippen LogP) is 1.04. The fourth-order valence-corrected chi connectivity index (χ4v) is 0.664. The van der Waals surface area contributed by atoms with Gasteiger partial charge in [0.1, 0.15) is 6.10 Å². The Balaban J connectivity index is 2.58. The highest BCUT2D eigenvalue weighted by Gasteiger charge is 2.10. The number of ether oxygens (including phenoxy) is 1. The molecule has 2 heteroatoms. The van der Waals surface area contributed by atoms with E-state index in [9.17, 15) is 4.79 Å². The van der Waals surface area contributed by atoms with Crippen molar-refractivity contribution in [3.05, 3.63) is 24.8 Å². The van der Waals surface area contributed by atoms with Crippen LogP contribution in [0.1, 0.15) is 6.42 Å². The lowest BCUT2D eigenvalue weighted by atomic mass is 10.2. The Kier molecular flexibility index (Phi) is 1.68. The second kappa shape index (κ2) is 2.49. The van der Waals surface area contributed by atoms with Crippen LogP contribution in [0, 0.1) is 0 Å². The standard InChI is InChI=1S/C7H8O2/c1-2-6-4-3-5-7(8)9-6/h2-4,6H,1,5H2/t6-/m1/s1. The summed E-state index contributed by atoms with van der Waals surface area (Å²) in [6.07, 6.45) is 5.39. The zero-order chi connectivity index (χ0) is 6.69. The van der Waals surface area contributed by atoms with Crippen molar-refractivity contribution in [2.45, 2.75) is 12.5 Å². The largest absolute Gasteiger partial charge is 0.454 e. The van der Waals surface area contributed by atoms with Gasteiger partial charge in [-0.1, -0.05) is 12.7 Å². The summed E-state index contributed by atoms with van der Waals surface area (Å²) >= 11 is 0. The normalized spacial score (nSPS) is 25.3. The Morgan fingerprint density at radius 3 is 3.11 bits per heavy atom. The lowest BCUT2D eigenvalue weighted by molar-refractivity contribution is -0.144. The molecule has 0 unspecified atom stereocenters. The molecule has 48 valence electrons. The first kappa shape index (κ1) is 6.08. The van der Waals surface area contributed by atoms with Crippen molar-refractivity contribution >= 4 is 5.97 Å². The summed E-state index contributed by atoms with van der Waals surface area (Å²) in [5, 5.41) is 0. The van der Waals surface area contributed by atoms with Crippen molar-refractivity contribution < 1.29 is 9.53 Å². The number of hydrogen-bond donors (Lipinski definition) is 0. The molecule has 2 nitrogen and oxygen atoms in total. The van der Waals surface area contributed by atoms with Gasteiger partial charge in [0.2, 0.25) is 0 Å². The van der Waals surface area contributed by atoms with E-state index in [-0.39, 0.29) is 12.1 Å². The summed E-state index contributed by atoms with van der Waals surface area (Å²) in [6, 6.07) is 0. The highest BCUT2D eigenvalue weighted by molar-refractivity contribution is 5.72. The molecule has 0 aliphatic carbocycles. The summed E-state index contributed by atoms with van der Waals surface area (Å²) < 4.78 is 4.79. The van der Waals surface area contributed by atoms with E-state index in [0.717, 1.165) is 0 Å². The molecule has 0 spiro atoms. The Labute approximate surface area is 53.8 Å². The quantitative estimate of drug-likeness (QED) is 0.385. The number of hydrogen-bond acceptors (Lipinski definition) is 2. The predicted molar refractivity (Wildman–Crippen MR) is 33.8 cm³/mol. The van der Waals surface area contributed by atoms with Crippen LogP contribution in [0.25, 0.3) is 0 Å². The molecule has 0 amide bonds. The average Bonchev–Trinajstić information content (AvgIpc) is 1.88. The average molecular weight is 124 g/mol. The van der Waals surface area contributed by atoms with E-state index in [1.54, 1.807) is 12.2 Å². The van der Waals surface area contributed by atoms with E-state index in [1.807, 2.05) is 6.08 Å². The van der Waals surface area contributed by atoms with Crippen molar-refractivity contribution in [2.24, 2.45) is 0 Å². The van der Waals surface area contributed by atoms with Crippen molar-refractivity contribution in [1.82, 2.24) is 0 Å². The molecule has 1 atom stereocenters. The molecule has 9 heavy (non-hydrogen) atoms. The fraction of sp³-hybridized carbons (Fsp3) is 0.286. The van der Waals surface area contributed by atoms with Crippen molar-refractivity contribution in [3.63, 3.8) is 0 Å². The van der Waals surface area contributed by atoms with Gasteiger partial charge in [-0.25, -0.2) is 0 Å². The Bertz CT molecular complexity index is 158. The molecule has 0 aromatic carbocycles. The number of rotatable bonds is 1. The molecule has 0 saturated heterocycles. The molecule has 1 heterocycles. The monoisotopic (exact) mass is 124 g/mol. The summed E-state index contributed by atoms with van der Waals surface area (Å²) in [5.74, 6) is -0.178. The molecule has 0 saturated carbocycles. The van der Waals surface area contributed by atoms with Crippen LogP contribution in [0.3, 0.4) is 0 Å². The number of esters is 1. The van der Waals surface area contributed by atoms with Gasteiger partial charge in [-0.05, 0) is 12.2 Å². The van der Waals surface area contributed by atoms with Crippen LogP contribution < -0.4 is 0 Å². The Hall–Kier alpha value is -1.05. The minimum atomic E-state index is -0.203. The molecule has 1 aliphatic rings. The van der Waals surface area contributed by atoms with Crippen LogP contribution in [0.15, 0.2) is 24.8 Å². The van der Waals surface area contributed by atoms with Gasteiger partial charge < -0.3 is 4.74 Å². The minimum Gasteiger partial charge on any atom is -0.454 e. The van der Waals surface area contributed by atoms with Gasteiger partial charge in [0.15, 0.2) is 0 Å². The van der Waals surface area contributed by atoms with Crippen LogP contribution in [-0.4, -0.2) is 12.1 Å². The molecule has 0 aromatic rings. The second-order valence-electron chi connectivity index (χ2n) is 1.82. The summed E-state index contributed by atoms with van der Waals surface area (Å²) in [6.45, 7) is 3.49. The van der Waals surface area contributed by atoms with E-state index in [0.29, 0.717) is 6.42 Å². The maximum Gasteiger partial charge on any atom is 0.310 e. The van der Waals surface area contributed by atoms with Gasteiger partial charge >= 0.3 is 5.97 Å². The molecule has 0 aromatic heterocycles. The Morgan fingerprint density at radius 2 is 2.67 bits per heavy atom. The molecule has 0 fully saturated rings. The first-order valence-electron chi connectivity index (χ1n) is 2.81.